The van der Waals surface area contributed by atoms with Gasteiger partial charge in [-0.05, 0) is 5.56 Å². The Kier molecular flexibility index (Phi) is 5.35. The van der Waals surface area contributed by atoms with Crippen LogP contribution >= 0.6 is 23.1 Å². The van der Waals surface area contributed by atoms with Crippen molar-refractivity contribution in [2.45, 2.75) is 18.2 Å². The number of carbonyl (C=O) groups is 1. The van der Waals surface area contributed by atoms with Crippen molar-refractivity contribution in [2.24, 2.45) is 0 Å². The van der Waals surface area contributed by atoms with Crippen LogP contribution in [0.5, 0.6) is 0 Å². The van der Waals surface area contributed by atoms with Gasteiger partial charge in [0.2, 0.25) is 5.91 Å². The second-order valence-electron chi connectivity index (χ2n) is 5.67. The summed E-state index contributed by atoms with van der Waals surface area (Å²) in [6.07, 6.45) is 1.73. The Labute approximate surface area is 145 Å². The number of hydrogen-bond donors (Lipinski definition) is 0. The summed E-state index contributed by atoms with van der Waals surface area (Å²) in [5, 5.41) is 3.13. The number of thiazole rings is 1. The normalized spacial score (nSPS) is 22.0. The van der Waals surface area contributed by atoms with Gasteiger partial charge < -0.3 is 0 Å². The van der Waals surface area contributed by atoms with Crippen molar-refractivity contribution in [3.8, 4) is 0 Å². The molecule has 0 spiro atoms. The Hall–Kier alpha value is -1.37. The fourth-order valence-electron chi connectivity index (χ4n) is 2.96. The van der Waals surface area contributed by atoms with Crippen LogP contribution in [-0.4, -0.2) is 46.9 Å². The summed E-state index contributed by atoms with van der Waals surface area (Å²) >= 11 is 3.47. The van der Waals surface area contributed by atoms with E-state index in [1.165, 1.54) is 16.9 Å². The number of benzene rings is 1. The Bertz CT molecular complexity index is 633. The highest BCUT2D eigenvalue weighted by molar-refractivity contribution is 8.00. The smallest absolute Gasteiger partial charge is 0.242 e. The van der Waals surface area contributed by atoms with Crippen LogP contribution in [0.1, 0.15) is 18.5 Å². The van der Waals surface area contributed by atoms with Gasteiger partial charge in [-0.25, -0.2) is 4.98 Å². The van der Waals surface area contributed by atoms with E-state index in [2.05, 4.69) is 41.1 Å². The van der Waals surface area contributed by atoms with E-state index in [1.807, 2.05) is 23.2 Å². The van der Waals surface area contributed by atoms with Crippen molar-refractivity contribution in [1.82, 2.24) is 9.88 Å². The van der Waals surface area contributed by atoms with E-state index < -0.39 is 0 Å². The van der Waals surface area contributed by atoms with Gasteiger partial charge in [0.05, 0.1) is 6.54 Å². The fourth-order valence-corrected chi connectivity index (χ4v) is 4.81. The molecule has 1 saturated heterocycles. The number of rotatable bonds is 4. The topological polar surface area (TPSA) is 36.4 Å². The molecule has 1 amide bonds. The average molecular weight is 348 g/mol. The van der Waals surface area contributed by atoms with E-state index in [-0.39, 0.29) is 11.9 Å². The third kappa shape index (κ3) is 3.76. The van der Waals surface area contributed by atoms with Gasteiger partial charge in [0.1, 0.15) is 0 Å². The van der Waals surface area contributed by atoms with Gasteiger partial charge in [-0.3, -0.25) is 14.6 Å². The lowest BCUT2D eigenvalue weighted by molar-refractivity contribution is -0.120. The van der Waals surface area contributed by atoms with Crippen LogP contribution in [-0.2, 0) is 4.79 Å². The van der Waals surface area contributed by atoms with Crippen LogP contribution in [0.15, 0.2) is 41.9 Å². The largest absolute Gasteiger partial charge is 0.290 e. The second-order valence-corrected chi connectivity index (χ2v) is 8.03. The molecule has 1 aromatic carbocycles. The molecule has 0 saturated carbocycles. The van der Waals surface area contributed by atoms with E-state index >= 15 is 0 Å². The summed E-state index contributed by atoms with van der Waals surface area (Å²) < 4.78 is 0. The predicted molar refractivity (Wildman–Crippen MR) is 98.2 cm³/mol. The molecule has 122 valence electrons. The second kappa shape index (κ2) is 7.47. The summed E-state index contributed by atoms with van der Waals surface area (Å²) in [4.78, 5) is 20.8. The molecule has 0 unspecified atom stereocenters. The quantitative estimate of drug-likeness (QED) is 0.850. The van der Waals surface area contributed by atoms with Gasteiger partial charge in [-0.15, -0.1) is 11.3 Å². The molecule has 23 heavy (non-hydrogen) atoms. The summed E-state index contributed by atoms with van der Waals surface area (Å²) in [7, 11) is 1.81. The summed E-state index contributed by atoms with van der Waals surface area (Å²) in [5.41, 5.74) is 1.29. The monoisotopic (exact) mass is 347 g/mol. The summed E-state index contributed by atoms with van der Waals surface area (Å²) in [6, 6.07) is 10.8. The van der Waals surface area contributed by atoms with Gasteiger partial charge >= 0.3 is 0 Å². The van der Waals surface area contributed by atoms with Gasteiger partial charge in [-0.1, -0.05) is 37.3 Å². The van der Waals surface area contributed by atoms with Crippen LogP contribution in [0, 0.1) is 0 Å². The van der Waals surface area contributed by atoms with Gasteiger partial charge in [0.15, 0.2) is 5.13 Å². The highest BCUT2D eigenvalue weighted by Crippen LogP contribution is 2.35. The molecule has 1 aliphatic heterocycles. The molecule has 0 radical (unpaired) electrons. The summed E-state index contributed by atoms with van der Waals surface area (Å²) in [5.74, 6) is 1.17. The Balaban J connectivity index is 1.75. The minimum absolute atomic E-state index is 0.0972. The molecule has 2 aromatic rings. The minimum atomic E-state index is 0.0972. The lowest BCUT2D eigenvalue weighted by Crippen LogP contribution is -2.46. The number of carbonyl (C=O) groups excluding carboxylic acids is 1. The molecule has 0 aliphatic carbocycles. The van der Waals surface area contributed by atoms with Crippen molar-refractivity contribution in [2.75, 3.05) is 30.8 Å². The zero-order chi connectivity index (χ0) is 16.2. The van der Waals surface area contributed by atoms with Crippen LogP contribution in [0.25, 0.3) is 0 Å². The van der Waals surface area contributed by atoms with Crippen molar-refractivity contribution >= 4 is 34.1 Å². The zero-order valence-corrected chi connectivity index (χ0v) is 15.0. The molecule has 0 N–H and O–H groups in total. The zero-order valence-electron chi connectivity index (χ0n) is 13.4. The number of amides is 1. The lowest BCUT2D eigenvalue weighted by Gasteiger charge is -2.40. The van der Waals surface area contributed by atoms with Gasteiger partial charge in [-0.2, -0.15) is 11.8 Å². The van der Waals surface area contributed by atoms with Crippen LogP contribution < -0.4 is 4.90 Å². The number of nitrogens with zero attached hydrogens (tertiary/aromatic N) is 3. The summed E-state index contributed by atoms with van der Waals surface area (Å²) in [6.45, 7) is 3.62. The molecular weight excluding hydrogens is 326 g/mol. The Morgan fingerprint density at radius 1 is 1.39 bits per heavy atom. The number of hydrogen-bond acceptors (Lipinski definition) is 5. The average Bonchev–Trinajstić information content (AvgIpc) is 3.09. The number of thioether (sulfide) groups is 1. The van der Waals surface area contributed by atoms with Crippen LogP contribution in [0.2, 0.25) is 0 Å². The van der Waals surface area contributed by atoms with E-state index in [1.54, 1.807) is 18.1 Å². The van der Waals surface area contributed by atoms with Crippen molar-refractivity contribution in [1.29, 1.82) is 0 Å². The maximum Gasteiger partial charge on any atom is 0.242 e. The number of likely N-dealkylation sites (N-methyl/N-ethyl adjacent to an activating group) is 1. The number of aromatic nitrogens is 1. The lowest BCUT2D eigenvalue weighted by atomic mass is 10.0. The first kappa shape index (κ1) is 16.5. The van der Waals surface area contributed by atoms with Crippen LogP contribution in [0.3, 0.4) is 0 Å². The first-order valence-corrected chi connectivity index (χ1v) is 9.66. The molecule has 1 aromatic heterocycles. The molecule has 3 rings (SSSR count). The van der Waals surface area contributed by atoms with E-state index in [9.17, 15) is 4.79 Å². The molecule has 1 fully saturated rings. The van der Waals surface area contributed by atoms with E-state index in [0.29, 0.717) is 11.8 Å². The SMILES string of the molecule is C[C@@H]1SCCN(CC(=O)N(C)c2nccs2)[C@H]1c1ccccc1. The Morgan fingerprint density at radius 2 is 2.17 bits per heavy atom. The maximum absolute atomic E-state index is 12.6. The first-order chi connectivity index (χ1) is 11.2. The molecule has 2 heterocycles. The Morgan fingerprint density at radius 3 is 2.87 bits per heavy atom. The molecular formula is C17H21N3OS2. The van der Waals surface area contributed by atoms with Crippen molar-refractivity contribution in [3.05, 3.63) is 47.5 Å². The molecule has 1 aliphatic rings. The standard InChI is InChI=1S/C17H21N3OS2/c1-13-16(14-6-4-3-5-7-14)20(9-11-22-13)12-15(21)19(2)17-18-8-10-23-17/h3-8,10,13,16H,9,11-12H2,1-2H3/t13-,16+/m0/s1. The fraction of sp³-hybridized carbons (Fsp3) is 0.412. The van der Waals surface area contributed by atoms with Gasteiger partial charge in [0, 0.05) is 42.2 Å². The molecule has 4 nitrogen and oxygen atoms in total. The predicted octanol–water partition coefficient (Wildman–Crippen LogP) is 3.28. The van der Waals surface area contributed by atoms with E-state index in [4.69, 9.17) is 0 Å². The minimum Gasteiger partial charge on any atom is -0.290 e. The number of anilines is 1. The van der Waals surface area contributed by atoms with Gasteiger partial charge in [0.25, 0.3) is 0 Å². The van der Waals surface area contributed by atoms with Crippen molar-refractivity contribution in [3.63, 3.8) is 0 Å². The third-order valence-electron chi connectivity index (χ3n) is 4.16. The maximum atomic E-state index is 12.6. The van der Waals surface area contributed by atoms with Crippen molar-refractivity contribution < 1.29 is 4.79 Å². The third-order valence-corrected chi connectivity index (χ3v) is 6.21. The first-order valence-electron chi connectivity index (χ1n) is 7.73. The molecule has 2 atom stereocenters. The van der Waals surface area contributed by atoms with Crippen LogP contribution in [0.4, 0.5) is 5.13 Å². The molecule has 0 bridgehead atoms. The highest BCUT2D eigenvalue weighted by atomic mass is 32.2. The highest BCUT2D eigenvalue weighted by Gasteiger charge is 2.32. The van der Waals surface area contributed by atoms with E-state index in [0.717, 1.165) is 17.4 Å². The molecule has 6 heteroatoms.